The third-order valence-electron chi connectivity index (χ3n) is 3.59. The number of hydrogen-bond donors (Lipinski definition) is 0. The van der Waals surface area contributed by atoms with Gasteiger partial charge in [-0.2, -0.15) is 5.10 Å². The molecule has 4 heteroatoms. The molecule has 106 valence electrons. The summed E-state index contributed by atoms with van der Waals surface area (Å²) < 4.78 is 1.03. The van der Waals surface area contributed by atoms with E-state index in [1.165, 1.54) is 0 Å². The van der Waals surface area contributed by atoms with E-state index in [-0.39, 0.29) is 11.9 Å². The zero-order valence-corrected chi connectivity index (χ0v) is 13.2. The van der Waals surface area contributed by atoms with Crippen LogP contribution < -0.4 is 0 Å². The topological polar surface area (TPSA) is 32.7 Å². The predicted molar refractivity (Wildman–Crippen MR) is 87.0 cm³/mol. The van der Waals surface area contributed by atoms with Gasteiger partial charge in [-0.1, -0.05) is 58.4 Å². The molecule has 3 nitrogen and oxygen atoms in total. The Kier molecular flexibility index (Phi) is 3.88. The Morgan fingerprint density at radius 3 is 2.43 bits per heavy atom. The summed E-state index contributed by atoms with van der Waals surface area (Å²) in [6.07, 6.45) is 0.741. The third kappa shape index (κ3) is 2.90. The first-order valence-electron chi connectivity index (χ1n) is 6.83. The molecule has 2 aromatic carbocycles. The number of benzene rings is 2. The number of hydrazone groups is 1. The molecule has 0 fully saturated rings. The van der Waals surface area contributed by atoms with Gasteiger partial charge in [0.25, 0.3) is 0 Å². The van der Waals surface area contributed by atoms with Gasteiger partial charge in [0.2, 0.25) is 5.91 Å². The first kappa shape index (κ1) is 14.0. The van der Waals surface area contributed by atoms with Crippen molar-refractivity contribution in [1.82, 2.24) is 5.01 Å². The molecule has 1 amide bonds. The summed E-state index contributed by atoms with van der Waals surface area (Å²) in [6, 6.07) is 18.1. The number of hydrogen-bond acceptors (Lipinski definition) is 2. The van der Waals surface area contributed by atoms with Crippen LogP contribution in [0.1, 0.15) is 30.5 Å². The second kappa shape index (κ2) is 5.82. The molecular formula is C17H15BrN2O. The Bertz CT molecular complexity index is 680. The zero-order chi connectivity index (χ0) is 14.8. The Morgan fingerprint density at radius 2 is 1.81 bits per heavy atom. The summed E-state index contributed by atoms with van der Waals surface area (Å²) in [6.45, 7) is 1.56. The zero-order valence-electron chi connectivity index (χ0n) is 11.7. The molecule has 1 atom stereocenters. The fourth-order valence-corrected chi connectivity index (χ4v) is 2.81. The van der Waals surface area contributed by atoms with Crippen LogP contribution in [0, 0.1) is 0 Å². The average molecular weight is 343 g/mol. The fraction of sp³-hybridized carbons (Fsp3) is 0.176. The SMILES string of the molecule is CC(=O)N1N=C(c2ccccc2)C[C@@H]1c1ccc(Br)cc1. The maximum Gasteiger partial charge on any atom is 0.240 e. The molecule has 0 radical (unpaired) electrons. The molecule has 0 aliphatic carbocycles. The average Bonchev–Trinajstić information content (AvgIpc) is 2.94. The first-order chi connectivity index (χ1) is 10.1. The van der Waals surface area contributed by atoms with Crippen molar-refractivity contribution in [1.29, 1.82) is 0 Å². The molecule has 0 bridgehead atoms. The van der Waals surface area contributed by atoms with Crippen LogP contribution >= 0.6 is 15.9 Å². The largest absolute Gasteiger partial charge is 0.273 e. The van der Waals surface area contributed by atoms with E-state index in [1.807, 2.05) is 54.6 Å². The van der Waals surface area contributed by atoms with Crippen LogP contribution in [-0.4, -0.2) is 16.6 Å². The third-order valence-corrected chi connectivity index (χ3v) is 4.12. The monoisotopic (exact) mass is 342 g/mol. The van der Waals surface area contributed by atoms with Gasteiger partial charge in [0.1, 0.15) is 0 Å². The summed E-state index contributed by atoms with van der Waals surface area (Å²) >= 11 is 3.44. The van der Waals surface area contributed by atoms with E-state index in [1.54, 1.807) is 11.9 Å². The minimum Gasteiger partial charge on any atom is -0.273 e. The van der Waals surface area contributed by atoms with Crippen molar-refractivity contribution in [3.05, 3.63) is 70.2 Å². The lowest BCUT2D eigenvalue weighted by molar-refractivity contribution is -0.130. The summed E-state index contributed by atoms with van der Waals surface area (Å²) in [5.74, 6) is -0.0335. The maximum absolute atomic E-state index is 11.9. The summed E-state index contributed by atoms with van der Waals surface area (Å²) in [5.41, 5.74) is 3.13. The Hall–Kier alpha value is -1.94. The molecule has 0 saturated carbocycles. The Morgan fingerprint density at radius 1 is 1.14 bits per heavy atom. The number of nitrogens with zero attached hydrogens (tertiary/aromatic N) is 2. The van der Waals surface area contributed by atoms with Gasteiger partial charge in [-0.3, -0.25) is 4.79 Å². The highest BCUT2D eigenvalue weighted by Gasteiger charge is 2.31. The van der Waals surface area contributed by atoms with E-state index in [9.17, 15) is 4.79 Å². The number of rotatable bonds is 2. The summed E-state index contributed by atoms with van der Waals surface area (Å²) in [7, 11) is 0. The fourth-order valence-electron chi connectivity index (χ4n) is 2.55. The van der Waals surface area contributed by atoms with Crippen LogP contribution in [0.5, 0.6) is 0 Å². The highest BCUT2D eigenvalue weighted by molar-refractivity contribution is 9.10. The molecule has 0 aromatic heterocycles. The van der Waals surface area contributed by atoms with Crippen LogP contribution in [0.15, 0.2) is 64.2 Å². The lowest BCUT2D eigenvalue weighted by Gasteiger charge is -2.20. The van der Waals surface area contributed by atoms with Crippen molar-refractivity contribution in [3.8, 4) is 0 Å². The van der Waals surface area contributed by atoms with E-state index in [4.69, 9.17) is 0 Å². The van der Waals surface area contributed by atoms with Crippen molar-refractivity contribution >= 4 is 27.5 Å². The highest BCUT2D eigenvalue weighted by Crippen LogP contribution is 2.33. The van der Waals surface area contributed by atoms with Gasteiger partial charge in [0, 0.05) is 17.8 Å². The van der Waals surface area contributed by atoms with Crippen LogP contribution in [0.4, 0.5) is 0 Å². The van der Waals surface area contributed by atoms with Crippen LogP contribution in [0.3, 0.4) is 0 Å². The van der Waals surface area contributed by atoms with Crippen molar-refractivity contribution in [2.75, 3.05) is 0 Å². The number of carbonyl (C=O) groups excluding carboxylic acids is 1. The van der Waals surface area contributed by atoms with Gasteiger partial charge in [-0.25, -0.2) is 5.01 Å². The number of carbonyl (C=O) groups is 1. The van der Waals surface area contributed by atoms with Crippen LogP contribution in [0.25, 0.3) is 0 Å². The lowest BCUT2D eigenvalue weighted by atomic mass is 9.98. The minimum atomic E-state index is -0.0335. The van der Waals surface area contributed by atoms with Gasteiger partial charge in [0.15, 0.2) is 0 Å². The Balaban J connectivity index is 1.93. The highest BCUT2D eigenvalue weighted by atomic mass is 79.9. The minimum absolute atomic E-state index is 0.0224. The second-order valence-electron chi connectivity index (χ2n) is 5.05. The maximum atomic E-state index is 11.9. The van der Waals surface area contributed by atoms with Crippen molar-refractivity contribution in [2.45, 2.75) is 19.4 Å². The lowest BCUT2D eigenvalue weighted by Crippen LogP contribution is -2.24. The van der Waals surface area contributed by atoms with Gasteiger partial charge < -0.3 is 0 Å². The molecule has 21 heavy (non-hydrogen) atoms. The molecule has 0 N–H and O–H groups in total. The number of amides is 1. The van der Waals surface area contributed by atoms with Gasteiger partial charge in [0.05, 0.1) is 11.8 Å². The van der Waals surface area contributed by atoms with Crippen LogP contribution in [-0.2, 0) is 4.79 Å². The van der Waals surface area contributed by atoms with Crippen molar-refractivity contribution < 1.29 is 4.79 Å². The van der Waals surface area contributed by atoms with E-state index in [2.05, 4.69) is 21.0 Å². The standard InChI is InChI=1S/C17H15BrN2O/c1-12(21)20-17(14-7-9-15(18)10-8-14)11-16(19-20)13-5-3-2-4-6-13/h2-10,17H,11H2,1H3/t17-/m1/s1. The predicted octanol–water partition coefficient (Wildman–Crippen LogP) is 4.15. The van der Waals surface area contributed by atoms with Crippen LogP contribution in [0.2, 0.25) is 0 Å². The van der Waals surface area contributed by atoms with E-state index in [0.717, 1.165) is 27.7 Å². The van der Waals surface area contributed by atoms with E-state index in [0.29, 0.717) is 0 Å². The molecule has 3 rings (SSSR count). The summed E-state index contributed by atoms with van der Waals surface area (Å²) in [5, 5.41) is 6.12. The molecule has 0 saturated heterocycles. The first-order valence-corrected chi connectivity index (χ1v) is 7.62. The van der Waals surface area contributed by atoms with Crippen molar-refractivity contribution in [3.63, 3.8) is 0 Å². The van der Waals surface area contributed by atoms with E-state index < -0.39 is 0 Å². The second-order valence-corrected chi connectivity index (χ2v) is 5.96. The molecule has 2 aromatic rings. The van der Waals surface area contributed by atoms with Crippen molar-refractivity contribution in [2.24, 2.45) is 5.10 Å². The molecule has 1 heterocycles. The normalized spacial score (nSPS) is 17.7. The smallest absolute Gasteiger partial charge is 0.240 e. The summed E-state index contributed by atoms with van der Waals surface area (Å²) in [4.78, 5) is 11.9. The molecule has 1 aliphatic heterocycles. The molecular weight excluding hydrogens is 328 g/mol. The quantitative estimate of drug-likeness (QED) is 0.806. The van der Waals surface area contributed by atoms with Gasteiger partial charge >= 0.3 is 0 Å². The number of halogens is 1. The van der Waals surface area contributed by atoms with Gasteiger partial charge in [-0.15, -0.1) is 0 Å². The molecule has 1 aliphatic rings. The van der Waals surface area contributed by atoms with Gasteiger partial charge in [-0.05, 0) is 23.3 Å². The molecule has 0 unspecified atom stereocenters. The Labute approximate surface area is 132 Å². The van der Waals surface area contributed by atoms with E-state index >= 15 is 0 Å². The molecule has 0 spiro atoms.